The molecule has 0 atom stereocenters. The highest BCUT2D eigenvalue weighted by atomic mass is 16.3. The smallest absolute Gasteiger partial charge is 0.123 e. The van der Waals surface area contributed by atoms with Gasteiger partial charge in [0.1, 0.15) is 11.5 Å². The lowest BCUT2D eigenvalue weighted by Gasteiger charge is -2.13. The van der Waals surface area contributed by atoms with E-state index in [9.17, 15) is 10.2 Å². The SMILES string of the molecule is CC(C)c1c(O)cc(CCc2ccccc2)cc1O. The maximum atomic E-state index is 9.98. The largest absolute Gasteiger partial charge is 0.508 e. The molecule has 0 radical (unpaired) electrons. The predicted octanol–water partition coefficient (Wildman–Crippen LogP) is 4.01. The molecule has 100 valence electrons. The molecule has 2 nitrogen and oxygen atoms in total. The molecule has 2 heteroatoms. The van der Waals surface area contributed by atoms with Gasteiger partial charge in [-0.15, -0.1) is 0 Å². The lowest BCUT2D eigenvalue weighted by molar-refractivity contribution is 0.432. The summed E-state index contributed by atoms with van der Waals surface area (Å²) in [4.78, 5) is 0. The molecule has 0 bridgehead atoms. The summed E-state index contributed by atoms with van der Waals surface area (Å²) in [6, 6.07) is 13.7. The summed E-state index contributed by atoms with van der Waals surface area (Å²) in [6.07, 6.45) is 1.71. The highest BCUT2D eigenvalue weighted by Crippen LogP contribution is 2.35. The predicted molar refractivity (Wildman–Crippen MR) is 77.7 cm³/mol. The first-order valence-corrected chi connectivity index (χ1v) is 6.66. The highest BCUT2D eigenvalue weighted by Gasteiger charge is 2.13. The van der Waals surface area contributed by atoms with Crippen molar-refractivity contribution in [3.8, 4) is 11.5 Å². The lowest BCUT2D eigenvalue weighted by atomic mass is 9.96. The van der Waals surface area contributed by atoms with E-state index in [2.05, 4.69) is 12.1 Å². The monoisotopic (exact) mass is 256 g/mol. The van der Waals surface area contributed by atoms with Crippen LogP contribution in [0.3, 0.4) is 0 Å². The number of phenols is 2. The lowest BCUT2D eigenvalue weighted by Crippen LogP contribution is -1.95. The molecule has 0 saturated heterocycles. The normalized spacial score (nSPS) is 10.9. The second-order valence-electron chi connectivity index (χ2n) is 5.19. The van der Waals surface area contributed by atoms with Gasteiger partial charge < -0.3 is 10.2 Å². The van der Waals surface area contributed by atoms with Crippen LogP contribution in [0.15, 0.2) is 42.5 Å². The van der Waals surface area contributed by atoms with Crippen LogP contribution in [0.4, 0.5) is 0 Å². The average molecular weight is 256 g/mol. The Balaban J connectivity index is 2.14. The zero-order valence-corrected chi connectivity index (χ0v) is 11.4. The Morgan fingerprint density at radius 1 is 0.842 bits per heavy atom. The van der Waals surface area contributed by atoms with Gasteiger partial charge >= 0.3 is 0 Å². The molecular formula is C17H20O2. The van der Waals surface area contributed by atoms with Crippen molar-refractivity contribution in [1.82, 2.24) is 0 Å². The molecule has 19 heavy (non-hydrogen) atoms. The number of benzene rings is 2. The number of phenolic OH excluding ortho intramolecular Hbond substituents is 2. The fourth-order valence-electron chi connectivity index (χ4n) is 2.35. The molecule has 0 aliphatic carbocycles. The molecule has 0 unspecified atom stereocenters. The van der Waals surface area contributed by atoms with Crippen molar-refractivity contribution in [2.75, 3.05) is 0 Å². The molecule has 2 N–H and O–H groups in total. The Hall–Kier alpha value is -1.96. The van der Waals surface area contributed by atoms with E-state index in [1.54, 1.807) is 12.1 Å². The van der Waals surface area contributed by atoms with Gasteiger partial charge in [0.2, 0.25) is 0 Å². The van der Waals surface area contributed by atoms with Crippen LogP contribution in [0.2, 0.25) is 0 Å². The van der Waals surface area contributed by atoms with Crippen molar-refractivity contribution in [3.05, 3.63) is 59.2 Å². The maximum absolute atomic E-state index is 9.98. The third-order valence-corrected chi connectivity index (χ3v) is 3.32. The topological polar surface area (TPSA) is 40.5 Å². The summed E-state index contributed by atoms with van der Waals surface area (Å²) in [5.74, 6) is 0.499. The molecular weight excluding hydrogens is 236 g/mol. The van der Waals surface area contributed by atoms with Crippen molar-refractivity contribution in [2.24, 2.45) is 0 Å². The summed E-state index contributed by atoms with van der Waals surface area (Å²) in [7, 11) is 0. The molecule has 0 saturated carbocycles. The van der Waals surface area contributed by atoms with Gasteiger partial charge in [0, 0.05) is 5.56 Å². The van der Waals surface area contributed by atoms with E-state index in [-0.39, 0.29) is 17.4 Å². The second kappa shape index (κ2) is 5.79. The van der Waals surface area contributed by atoms with Crippen molar-refractivity contribution in [2.45, 2.75) is 32.6 Å². The van der Waals surface area contributed by atoms with Crippen LogP contribution in [0.25, 0.3) is 0 Å². The van der Waals surface area contributed by atoms with E-state index >= 15 is 0 Å². The average Bonchev–Trinajstić information content (AvgIpc) is 2.36. The fourth-order valence-corrected chi connectivity index (χ4v) is 2.35. The van der Waals surface area contributed by atoms with Gasteiger partial charge in [-0.3, -0.25) is 0 Å². The molecule has 0 spiro atoms. The minimum absolute atomic E-state index is 0.114. The van der Waals surface area contributed by atoms with E-state index in [0.29, 0.717) is 5.56 Å². The van der Waals surface area contributed by atoms with Crippen molar-refractivity contribution < 1.29 is 10.2 Å². The van der Waals surface area contributed by atoms with Crippen LogP contribution >= 0.6 is 0 Å². The first kappa shape index (κ1) is 13.5. The molecule has 0 aliphatic rings. The summed E-state index contributed by atoms with van der Waals surface area (Å²) < 4.78 is 0. The quantitative estimate of drug-likeness (QED) is 0.867. The molecule has 2 aromatic carbocycles. The van der Waals surface area contributed by atoms with Gasteiger partial charge in [0.25, 0.3) is 0 Å². The summed E-state index contributed by atoms with van der Waals surface area (Å²) in [6.45, 7) is 3.91. The van der Waals surface area contributed by atoms with E-state index in [1.165, 1.54) is 5.56 Å². The molecule has 2 aromatic rings. The number of hydrogen-bond acceptors (Lipinski definition) is 2. The zero-order valence-electron chi connectivity index (χ0n) is 11.4. The Bertz CT molecular complexity index is 521. The van der Waals surface area contributed by atoms with Gasteiger partial charge in [0.15, 0.2) is 0 Å². The van der Waals surface area contributed by atoms with E-state index in [1.807, 2.05) is 32.0 Å². The highest BCUT2D eigenvalue weighted by molar-refractivity contribution is 5.48. The first-order chi connectivity index (χ1) is 9.08. The molecule has 0 fully saturated rings. The summed E-state index contributed by atoms with van der Waals surface area (Å²) in [5.41, 5.74) is 2.85. The molecule has 0 aliphatic heterocycles. The Labute approximate surface area is 114 Å². The molecule has 0 aromatic heterocycles. The van der Waals surface area contributed by atoms with Gasteiger partial charge in [-0.05, 0) is 42.0 Å². The number of hydrogen-bond donors (Lipinski definition) is 2. The Kier molecular flexibility index (Phi) is 4.10. The van der Waals surface area contributed by atoms with E-state index < -0.39 is 0 Å². The minimum Gasteiger partial charge on any atom is -0.508 e. The fraction of sp³-hybridized carbons (Fsp3) is 0.294. The number of rotatable bonds is 4. The van der Waals surface area contributed by atoms with Crippen LogP contribution in [-0.4, -0.2) is 10.2 Å². The number of aromatic hydroxyl groups is 2. The summed E-state index contributed by atoms with van der Waals surface area (Å²) in [5, 5.41) is 20.0. The minimum atomic E-state index is 0.114. The second-order valence-corrected chi connectivity index (χ2v) is 5.19. The molecule has 2 rings (SSSR count). The van der Waals surface area contributed by atoms with Gasteiger partial charge in [-0.25, -0.2) is 0 Å². The van der Waals surface area contributed by atoms with Crippen LogP contribution in [0.5, 0.6) is 11.5 Å². The third kappa shape index (κ3) is 3.28. The van der Waals surface area contributed by atoms with Crippen molar-refractivity contribution in [1.29, 1.82) is 0 Å². The molecule has 0 amide bonds. The van der Waals surface area contributed by atoms with Gasteiger partial charge in [0.05, 0.1) is 0 Å². The molecule has 0 heterocycles. The number of aryl methyl sites for hydroxylation is 2. The van der Waals surface area contributed by atoms with Gasteiger partial charge in [-0.1, -0.05) is 44.2 Å². The van der Waals surface area contributed by atoms with E-state index in [4.69, 9.17) is 0 Å². The van der Waals surface area contributed by atoms with Crippen LogP contribution in [-0.2, 0) is 12.8 Å². The Morgan fingerprint density at radius 2 is 1.37 bits per heavy atom. The third-order valence-electron chi connectivity index (χ3n) is 3.32. The maximum Gasteiger partial charge on any atom is 0.123 e. The first-order valence-electron chi connectivity index (χ1n) is 6.66. The Morgan fingerprint density at radius 3 is 1.89 bits per heavy atom. The van der Waals surface area contributed by atoms with Crippen LogP contribution < -0.4 is 0 Å². The standard InChI is InChI=1S/C17H20O2/c1-12(2)17-15(18)10-14(11-16(17)19)9-8-13-6-4-3-5-7-13/h3-7,10-12,18-19H,8-9H2,1-2H3. The van der Waals surface area contributed by atoms with Crippen molar-refractivity contribution in [3.63, 3.8) is 0 Å². The van der Waals surface area contributed by atoms with E-state index in [0.717, 1.165) is 18.4 Å². The summed E-state index contributed by atoms with van der Waals surface area (Å²) >= 11 is 0. The van der Waals surface area contributed by atoms with Gasteiger partial charge in [-0.2, -0.15) is 0 Å². The van der Waals surface area contributed by atoms with Crippen molar-refractivity contribution >= 4 is 0 Å². The van der Waals surface area contributed by atoms with Crippen LogP contribution in [0, 0.1) is 0 Å². The van der Waals surface area contributed by atoms with Crippen LogP contribution in [0.1, 0.15) is 36.5 Å². The zero-order chi connectivity index (χ0) is 13.8.